The van der Waals surface area contributed by atoms with Gasteiger partial charge < -0.3 is 11.1 Å². The average Bonchev–Trinajstić information content (AvgIpc) is 2.65. The van der Waals surface area contributed by atoms with Crippen LogP contribution in [0.2, 0.25) is 0 Å². The van der Waals surface area contributed by atoms with E-state index in [2.05, 4.69) is 10.3 Å². The molecular weight excluding hydrogens is 226 g/mol. The number of hydrogen-bond acceptors (Lipinski definition) is 4. The molecule has 1 aromatic rings. The topological polar surface area (TPSA) is 85.1 Å². The molecule has 1 atom stereocenters. The smallest absolute Gasteiger partial charge is 0.245 e. The molecule has 0 aliphatic carbocycles. The van der Waals surface area contributed by atoms with Crippen molar-refractivity contribution in [3.05, 3.63) is 16.6 Å². The monoisotopic (exact) mass is 233 g/mol. The lowest BCUT2D eigenvalue weighted by atomic mass is 10.2. The number of carbonyl (C=O) groups excluding carboxylic acids is 2. The van der Waals surface area contributed by atoms with E-state index in [-0.39, 0.29) is 5.88 Å². The van der Waals surface area contributed by atoms with Gasteiger partial charge in [0.1, 0.15) is 11.9 Å². The molecule has 14 heavy (non-hydrogen) atoms. The minimum absolute atomic E-state index is 0.206. The standard InChI is InChI=1S/C7H8ClN3O2S/c8-1-5(12)11-6(7(9)13)4-2-10-3-14-4/h2-3,6H,1H2,(H2,9,13)(H,11,12). The molecule has 1 heterocycles. The van der Waals surface area contributed by atoms with Crippen molar-refractivity contribution >= 4 is 34.8 Å². The van der Waals surface area contributed by atoms with Gasteiger partial charge in [-0.25, -0.2) is 0 Å². The fourth-order valence-corrected chi connectivity index (χ4v) is 1.60. The number of hydrogen-bond donors (Lipinski definition) is 2. The summed E-state index contributed by atoms with van der Waals surface area (Å²) >= 11 is 6.53. The summed E-state index contributed by atoms with van der Waals surface area (Å²) in [5, 5.41) is 2.39. The first-order chi connectivity index (χ1) is 6.65. The lowest BCUT2D eigenvalue weighted by Gasteiger charge is -2.11. The highest BCUT2D eigenvalue weighted by molar-refractivity contribution is 7.09. The van der Waals surface area contributed by atoms with Crippen molar-refractivity contribution in [3.8, 4) is 0 Å². The number of halogens is 1. The maximum atomic E-state index is 11.0. The molecule has 0 aliphatic rings. The van der Waals surface area contributed by atoms with Gasteiger partial charge in [0.05, 0.1) is 10.4 Å². The predicted molar refractivity (Wildman–Crippen MR) is 52.9 cm³/mol. The van der Waals surface area contributed by atoms with Gasteiger partial charge in [-0.15, -0.1) is 22.9 Å². The van der Waals surface area contributed by atoms with Crippen LogP contribution in [0.1, 0.15) is 10.9 Å². The van der Waals surface area contributed by atoms with E-state index in [1.165, 1.54) is 17.5 Å². The molecule has 0 saturated carbocycles. The molecule has 76 valence electrons. The van der Waals surface area contributed by atoms with Crippen molar-refractivity contribution < 1.29 is 9.59 Å². The van der Waals surface area contributed by atoms with Crippen LogP contribution in [0.15, 0.2) is 11.7 Å². The predicted octanol–water partition coefficient (Wildman–Crippen LogP) is 0.0245. The summed E-state index contributed by atoms with van der Waals surface area (Å²) in [4.78, 5) is 26.3. The van der Waals surface area contributed by atoms with E-state index in [1.807, 2.05) is 0 Å². The Morgan fingerprint density at radius 1 is 1.71 bits per heavy atom. The fraction of sp³-hybridized carbons (Fsp3) is 0.286. The number of amides is 2. The fourth-order valence-electron chi connectivity index (χ4n) is 0.850. The van der Waals surface area contributed by atoms with Crippen LogP contribution in [0.5, 0.6) is 0 Å². The summed E-state index contributed by atoms with van der Waals surface area (Å²) in [5.74, 6) is -1.28. The first-order valence-corrected chi connectivity index (χ1v) is 5.09. The Labute approximate surface area is 89.3 Å². The maximum absolute atomic E-state index is 11.0. The molecule has 1 unspecified atom stereocenters. The average molecular weight is 234 g/mol. The summed E-state index contributed by atoms with van der Waals surface area (Å²) in [6.45, 7) is 0. The molecule has 0 saturated heterocycles. The summed E-state index contributed by atoms with van der Waals surface area (Å²) < 4.78 is 0. The third-order valence-corrected chi connectivity index (χ3v) is 2.53. The molecule has 3 N–H and O–H groups in total. The molecular formula is C7H8ClN3O2S. The summed E-state index contributed by atoms with van der Waals surface area (Å²) in [7, 11) is 0. The molecule has 0 aromatic carbocycles. The largest absolute Gasteiger partial charge is 0.368 e. The second-order valence-corrected chi connectivity index (χ2v) is 3.63. The Morgan fingerprint density at radius 3 is 2.86 bits per heavy atom. The number of nitrogens with two attached hydrogens (primary N) is 1. The highest BCUT2D eigenvalue weighted by Gasteiger charge is 2.20. The van der Waals surface area contributed by atoms with E-state index >= 15 is 0 Å². The van der Waals surface area contributed by atoms with Crippen LogP contribution in [0.3, 0.4) is 0 Å². The molecule has 2 amide bonds. The maximum Gasteiger partial charge on any atom is 0.245 e. The second-order valence-electron chi connectivity index (χ2n) is 2.44. The third kappa shape index (κ3) is 2.68. The van der Waals surface area contributed by atoms with Crippen molar-refractivity contribution in [2.75, 3.05) is 5.88 Å². The summed E-state index contributed by atoms with van der Waals surface area (Å²) in [6, 6.07) is -0.839. The van der Waals surface area contributed by atoms with Crippen molar-refractivity contribution in [1.29, 1.82) is 0 Å². The normalized spacial score (nSPS) is 12.1. The number of primary amides is 1. The van der Waals surface area contributed by atoms with Gasteiger partial charge in [0.2, 0.25) is 11.8 Å². The van der Waals surface area contributed by atoms with Gasteiger partial charge in [0.25, 0.3) is 0 Å². The molecule has 7 heteroatoms. The Hall–Kier alpha value is -1.14. The van der Waals surface area contributed by atoms with Gasteiger partial charge >= 0.3 is 0 Å². The second kappa shape index (κ2) is 4.92. The first kappa shape index (κ1) is 10.9. The zero-order valence-electron chi connectivity index (χ0n) is 7.07. The van der Waals surface area contributed by atoms with E-state index in [0.29, 0.717) is 4.88 Å². The quantitative estimate of drug-likeness (QED) is 0.720. The van der Waals surface area contributed by atoms with E-state index in [0.717, 1.165) is 0 Å². The van der Waals surface area contributed by atoms with Gasteiger partial charge in [0, 0.05) is 6.20 Å². The van der Waals surface area contributed by atoms with Crippen LogP contribution >= 0.6 is 22.9 Å². The molecule has 0 bridgehead atoms. The summed E-state index contributed by atoms with van der Waals surface area (Å²) in [5.41, 5.74) is 6.67. The van der Waals surface area contributed by atoms with E-state index in [9.17, 15) is 9.59 Å². The number of nitrogens with zero attached hydrogens (tertiary/aromatic N) is 1. The SMILES string of the molecule is NC(=O)C(NC(=O)CCl)c1cncs1. The van der Waals surface area contributed by atoms with Crippen molar-refractivity contribution in [1.82, 2.24) is 10.3 Å². The zero-order valence-corrected chi connectivity index (χ0v) is 8.64. The molecule has 1 aromatic heterocycles. The Morgan fingerprint density at radius 2 is 2.43 bits per heavy atom. The van der Waals surface area contributed by atoms with Crippen LogP contribution in [0.25, 0.3) is 0 Å². The van der Waals surface area contributed by atoms with Crippen LogP contribution in [0.4, 0.5) is 0 Å². The number of rotatable bonds is 4. The van der Waals surface area contributed by atoms with E-state index in [4.69, 9.17) is 17.3 Å². The van der Waals surface area contributed by atoms with E-state index in [1.54, 1.807) is 5.51 Å². The van der Waals surface area contributed by atoms with Crippen molar-refractivity contribution in [3.63, 3.8) is 0 Å². The Balaban J connectivity index is 2.76. The highest BCUT2D eigenvalue weighted by Crippen LogP contribution is 2.16. The van der Waals surface area contributed by atoms with Crippen LogP contribution in [-0.2, 0) is 9.59 Å². The van der Waals surface area contributed by atoms with Crippen molar-refractivity contribution in [2.24, 2.45) is 5.73 Å². The Bertz CT molecular complexity index is 328. The number of alkyl halides is 1. The van der Waals surface area contributed by atoms with E-state index < -0.39 is 17.9 Å². The van der Waals surface area contributed by atoms with Crippen LogP contribution in [0, 0.1) is 0 Å². The number of carbonyl (C=O) groups is 2. The summed E-state index contributed by atoms with van der Waals surface area (Å²) in [6.07, 6.45) is 1.48. The first-order valence-electron chi connectivity index (χ1n) is 3.68. The van der Waals surface area contributed by atoms with Crippen LogP contribution in [-0.4, -0.2) is 22.7 Å². The minimum Gasteiger partial charge on any atom is -0.368 e. The lowest BCUT2D eigenvalue weighted by Crippen LogP contribution is -2.37. The Kier molecular flexibility index (Phi) is 3.84. The van der Waals surface area contributed by atoms with Gasteiger partial charge in [-0.3, -0.25) is 14.6 Å². The lowest BCUT2D eigenvalue weighted by molar-refractivity contribution is -0.126. The molecule has 0 radical (unpaired) electrons. The minimum atomic E-state index is -0.839. The molecule has 5 nitrogen and oxygen atoms in total. The van der Waals surface area contributed by atoms with Gasteiger partial charge in [-0.2, -0.15) is 0 Å². The number of thiazole rings is 1. The number of nitrogens with one attached hydrogen (secondary N) is 1. The molecule has 0 aliphatic heterocycles. The molecule has 1 rings (SSSR count). The van der Waals surface area contributed by atoms with Gasteiger partial charge in [0.15, 0.2) is 0 Å². The highest BCUT2D eigenvalue weighted by atomic mass is 35.5. The molecule has 0 fully saturated rings. The van der Waals surface area contributed by atoms with Gasteiger partial charge in [-0.05, 0) is 0 Å². The third-order valence-electron chi connectivity index (χ3n) is 1.45. The van der Waals surface area contributed by atoms with Crippen LogP contribution < -0.4 is 11.1 Å². The molecule has 0 spiro atoms. The van der Waals surface area contributed by atoms with Crippen molar-refractivity contribution in [2.45, 2.75) is 6.04 Å². The zero-order chi connectivity index (χ0) is 10.6. The number of aromatic nitrogens is 1. The van der Waals surface area contributed by atoms with Gasteiger partial charge in [-0.1, -0.05) is 0 Å².